The van der Waals surface area contributed by atoms with Crippen LogP contribution in [0.5, 0.6) is 5.75 Å². The summed E-state index contributed by atoms with van der Waals surface area (Å²) >= 11 is 6.04. The van der Waals surface area contributed by atoms with E-state index in [4.69, 9.17) is 16.3 Å². The van der Waals surface area contributed by atoms with Gasteiger partial charge in [-0.3, -0.25) is 9.59 Å². The molecule has 0 aromatic heterocycles. The molecule has 0 aliphatic carbocycles. The zero-order chi connectivity index (χ0) is 25.3. The molecule has 2 amide bonds. The molecule has 0 saturated heterocycles. The van der Waals surface area contributed by atoms with E-state index in [0.29, 0.717) is 22.4 Å². The van der Waals surface area contributed by atoms with Crippen molar-refractivity contribution in [1.29, 1.82) is 0 Å². The lowest BCUT2D eigenvalue weighted by molar-refractivity contribution is -0.137. The molecule has 6 nitrogen and oxygen atoms in total. The Hall–Kier alpha value is -4.11. The minimum atomic E-state index is -4.65. The van der Waals surface area contributed by atoms with E-state index < -0.39 is 34.6 Å². The maximum absolute atomic E-state index is 13.0. The van der Waals surface area contributed by atoms with E-state index in [-0.39, 0.29) is 16.9 Å². The zero-order valence-electron chi connectivity index (χ0n) is 18.0. The number of benzene rings is 3. The molecule has 1 N–H and O–H groups in total. The number of imide groups is 1. The maximum atomic E-state index is 13.0. The molecule has 3 aromatic rings. The number of amides is 2. The van der Waals surface area contributed by atoms with Gasteiger partial charge in [0, 0.05) is 5.69 Å². The maximum Gasteiger partial charge on any atom is 0.416 e. The Labute approximate surface area is 202 Å². The SMILES string of the molecule is Cc1cccc(OC(=O)c2ccc(NC3=C(Cl)C(=O)N(c4cccc(C(F)(F)F)c4)C3=O)cc2)c1. The third-order valence-corrected chi connectivity index (χ3v) is 5.40. The third-order valence-electron chi connectivity index (χ3n) is 5.05. The number of alkyl halides is 3. The highest BCUT2D eigenvalue weighted by Gasteiger charge is 2.40. The lowest BCUT2D eigenvalue weighted by atomic mass is 10.2. The molecule has 1 aliphatic heterocycles. The number of carbonyl (C=O) groups excluding carboxylic acids is 3. The molecular formula is C25H16ClF3N2O4. The van der Waals surface area contributed by atoms with Crippen LogP contribution in [0.1, 0.15) is 21.5 Å². The van der Waals surface area contributed by atoms with E-state index in [0.717, 1.165) is 17.7 Å². The average molecular weight is 501 g/mol. The van der Waals surface area contributed by atoms with Crippen molar-refractivity contribution in [2.45, 2.75) is 13.1 Å². The zero-order valence-corrected chi connectivity index (χ0v) is 18.8. The molecule has 0 unspecified atom stereocenters. The van der Waals surface area contributed by atoms with Gasteiger partial charge in [-0.15, -0.1) is 0 Å². The Morgan fingerprint density at radius 1 is 0.943 bits per heavy atom. The summed E-state index contributed by atoms with van der Waals surface area (Å²) < 4.78 is 44.5. The molecule has 0 atom stereocenters. The molecule has 0 radical (unpaired) electrons. The summed E-state index contributed by atoms with van der Waals surface area (Å²) in [4.78, 5) is 38.3. The molecule has 0 saturated carbocycles. The van der Waals surface area contributed by atoms with Crippen LogP contribution in [0.4, 0.5) is 24.5 Å². The Morgan fingerprint density at radius 3 is 2.29 bits per heavy atom. The minimum Gasteiger partial charge on any atom is -0.423 e. The highest BCUT2D eigenvalue weighted by Crippen LogP contribution is 2.35. The van der Waals surface area contributed by atoms with Crippen molar-refractivity contribution in [1.82, 2.24) is 0 Å². The van der Waals surface area contributed by atoms with Crippen molar-refractivity contribution in [3.63, 3.8) is 0 Å². The van der Waals surface area contributed by atoms with Crippen molar-refractivity contribution in [3.8, 4) is 5.75 Å². The average Bonchev–Trinajstić information content (AvgIpc) is 3.02. The predicted molar refractivity (Wildman–Crippen MR) is 123 cm³/mol. The van der Waals surface area contributed by atoms with Gasteiger partial charge in [0.05, 0.1) is 16.8 Å². The second kappa shape index (κ2) is 9.27. The van der Waals surface area contributed by atoms with E-state index in [2.05, 4.69) is 5.32 Å². The topological polar surface area (TPSA) is 75.7 Å². The molecule has 0 fully saturated rings. The minimum absolute atomic E-state index is 0.233. The monoisotopic (exact) mass is 500 g/mol. The largest absolute Gasteiger partial charge is 0.423 e. The lowest BCUT2D eigenvalue weighted by Crippen LogP contribution is -2.32. The Morgan fingerprint density at radius 2 is 1.63 bits per heavy atom. The van der Waals surface area contributed by atoms with Crippen LogP contribution < -0.4 is 15.0 Å². The predicted octanol–water partition coefficient (Wildman–Crippen LogP) is 5.67. The highest BCUT2D eigenvalue weighted by atomic mass is 35.5. The van der Waals surface area contributed by atoms with Crippen LogP contribution in [0, 0.1) is 6.92 Å². The summed E-state index contributed by atoms with van der Waals surface area (Å²) in [6.45, 7) is 1.86. The summed E-state index contributed by atoms with van der Waals surface area (Å²) in [6, 6.07) is 16.6. The van der Waals surface area contributed by atoms with Gasteiger partial charge in [0.2, 0.25) is 0 Å². The fourth-order valence-corrected chi connectivity index (χ4v) is 3.56. The van der Waals surface area contributed by atoms with Gasteiger partial charge in [-0.2, -0.15) is 13.2 Å². The second-order valence-electron chi connectivity index (χ2n) is 7.59. The molecule has 10 heteroatoms. The first-order valence-corrected chi connectivity index (χ1v) is 10.5. The van der Waals surface area contributed by atoms with Gasteiger partial charge >= 0.3 is 12.1 Å². The first kappa shape index (κ1) is 24.0. The molecular weight excluding hydrogens is 485 g/mol. The van der Waals surface area contributed by atoms with Crippen molar-refractivity contribution in [2.24, 2.45) is 0 Å². The Kier molecular flexibility index (Phi) is 6.36. The number of hydrogen-bond donors (Lipinski definition) is 1. The van der Waals surface area contributed by atoms with Crippen LogP contribution in [0.3, 0.4) is 0 Å². The van der Waals surface area contributed by atoms with Gasteiger partial charge in [-0.25, -0.2) is 9.69 Å². The number of anilines is 2. The number of carbonyl (C=O) groups is 3. The molecule has 1 heterocycles. The lowest BCUT2D eigenvalue weighted by Gasteiger charge is -2.17. The van der Waals surface area contributed by atoms with Crippen LogP contribution in [0.25, 0.3) is 0 Å². The summed E-state index contributed by atoms with van der Waals surface area (Å²) in [7, 11) is 0. The van der Waals surface area contributed by atoms with Gasteiger partial charge in [-0.1, -0.05) is 29.8 Å². The molecule has 3 aromatic carbocycles. The fraction of sp³-hybridized carbons (Fsp3) is 0.0800. The van der Waals surface area contributed by atoms with Crippen molar-refractivity contribution >= 4 is 40.8 Å². The Bertz CT molecular complexity index is 1370. The summed E-state index contributed by atoms with van der Waals surface area (Å²) in [5.74, 6) is -2.08. The highest BCUT2D eigenvalue weighted by molar-refractivity contribution is 6.53. The molecule has 1 aliphatic rings. The van der Waals surface area contributed by atoms with Crippen LogP contribution >= 0.6 is 11.6 Å². The van der Waals surface area contributed by atoms with Gasteiger partial charge in [-0.05, 0) is 67.1 Å². The van der Waals surface area contributed by atoms with Gasteiger partial charge in [0.25, 0.3) is 11.8 Å². The standard InChI is InChI=1S/C25H16ClF3N2O4/c1-14-4-2-7-19(12-14)35-24(34)15-8-10-17(11-9-15)30-21-20(26)22(32)31(23(21)33)18-6-3-5-16(13-18)25(27,28)29/h2-13,30H,1H3. The third kappa shape index (κ3) is 5.04. The van der Waals surface area contributed by atoms with Crippen LogP contribution in [0.2, 0.25) is 0 Å². The number of aryl methyl sites for hydroxylation is 1. The van der Waals surface area contributed by atoms with Crippen molar-refractivity contribution in [3.05, 3.63) is 100 Å². The number of halogens is 4. The first-order valence-electron chi connectivity index (χ1n) is 10.2. The van der Waals surface area contributed by atoms with E-state index in [1.165, 1.54) is 30.3 Å². The van der Waals surface area contributed by atoms with E-state index in [9.17, 15) is 27.6 Å². The van der Waals surface area contributed by atoms with Crippen LogP contribution in [0.15, 0.2) is 83.5 Å². The number of nitrogens with zero attached hydrogens (tertiary/aromatic N) is 1. The molecule has 0 bridgehead atoms. The smallest absolute Gasteiger partial charge is 0.416 e. The van der Waals surface area contributed by atoms with E-state index in [1.807, 2.05) is 13.0 Å². The number of ether oxygens (including phenoxy) is 1. The Balaban J connectivity index is 1.50. The number of nitrogens with one attached hydrogen (secondary N) is 1. The van der Waals surface area contributed by atoms with Gasteiger partial charge < -0.3 is 10.1 Å². The fourth-order valence-electron chi connectivity index (χ4n) is 3.35. The van der Waals surface area contributed by atoms with E-state index in [1.54, 1.807) is 18.2 Å². The molecule has 4 rings (SSSR count). The number of rotatable bonds is 5. The summed E-state index contributed by atoms with van der Waals surface area (Å²) in [5.41, 5.74) is -0.103. The summed E-state index contributed by atoms with van der Waals surface area (Å²) in [5, 5.41) is 2.22. The second-order valence-corrected chi connectivity index (χ2v) is 7.97. The van der Waals surface area contributed by atoms with E-state index >= 15 is 0 Å². The van der Waals surface area contributed by atoms with Gasteiger partial charge in [0.1, 0.15) is 16.5 Å². The first-order chi connectivity index (χ1) is 16.5. The van der Waals surface area contributed by atoms with Crippen LogP contribution in [-0.4, -0.2) is 17.8 Å². The van der Waals surface area contributed by atoms with Crippen molar-refractivity contribution < 1.29 is 32.3 Å². The van der Waals surface area contributed by atoms with Crippen LogP contribution in [-0.2, 0) is 15.8 Å². The molecule has 0 spiro atoms. The van der Waals surface area contributed by atoms with Crippen molar-refractivity contribution in [2.75, 3.05) is 10.2 Å². The normalized spacial score (nSPS) is 13.9. The number of hydrogen-bond acceptors (Lipinski definition) is 5. The molecule has 178 valence electrons. The van der Waals surface area contributed by atoms with Gasteiger partial charge in [0.15, 0.2) is 0 Å². The molecule has 35 heavy (non-hydrogen) atoms. The number of esters is 1. The quantitative estimate of drug-likeness (QED) is 0.277. The summed E-state index contributed by atoms with van der Waals surface area (Å²) in [6.07, 6.45) is -4.65.